The highest BCUT2D eigenvalue weighted by atomic mass is 79.9. The van der Waals surface area contributed by atoms with E-state index in [2.05, 4.69) is 21.0 Å². The van der Waals surface area contributed by atoms with Crippen LogP contribution in [0.25, 0.3) is 0 Å². The average molecular weight is 352 g/mol. The molecule has 0 aliphatic heterocycles. The van der Waals surface area contributed by atoms with Gasteiger partial charge in [0.05, 0.1) is 21.4 Å². The van der Waals surface area contributed by atoms with Crippen molar-refractivity contribution in [2.75, 3.05) is 5.73 Å². The summed E-state index contributed by atoms with van der Waals surface area (Å²) in [5.41, 5.74) is 9.43. The first kappa shape index (κ1) is 15.6. The molecule has 1 heterocycles. The summed E-state index contributed by atoms with van der Waals surface area (Å²) in [7, 11) is 1.83. The van der Waals surface area contributed by atoms with Gasteiger partial charge in [0.25, 0.3) is 0 Å². The van der Waals surface area contributed by atoms with Crippen molar-refractivity contribution >= 4 is 27.6 Å². The molecule has 0 atom stereocenters. The second-order valence-electron chi connectivity index (χ2n) is 4.84. The SMILES string of the molecule is CCc1nn(C)c(COC(=O)c2ccc(N)cc2C)c1Br. The predicted molar refractivity (Wildman–Crippen MR) is 85.0 cm³/mol. The van der Waals surface area contributed by atoms with E-state index in [4.69, 9.17) is 10.5 Å². The van der Waals surface area contributed by atoms with Crippen LogP contribution in [0.1, 0.15) is 34.2 Å². The topological polar surface area (TPSA) is 70.1 Å². The summed E-state index contributed by atoms with van der Waals surface area (Å²) >= 11 is 3.50. The number of aromatic nitrogens is 2. The Bertz CT molecular complexity index is 680. The number of aryl methyl sites for hydroxylation is 3. The van der Waals surface area contributed by atoms with E-state index in [-0.39, 0.29) is 12.6 Å². The van der Waals surface area contributed by atoms with E-state index in [9.17, 15) is 4.79 Å². The lowest BCUT2D eigenvalue weighted by Gasteiger charge is -2.08. The predicted octanol–water partition coefficient (Wildman–Crippen LogP) is 2.99. The van der Waals surface area contributed by atoms with Crippen LogP contribution < -0.4 is 5.73 Å². The number of benzene rings is 1. The Morgan fingerprint density at radius 2 is 2.19 bits per heavy atom. The third kappa shape index (κ3) is 3.26. The number of hydrogen-bond acceptors (Lipinski definition) is 4. The largest absolute Gasteiger partial charge is 0.456 e. The van der Waals surface area contributed by atoms with Crippen molar-refractivity contribution in [3.05, 3.63) is 45.2 Å². The molecule has 0 unspecified atom stereocenters. The van der Waals surface area contributed by atoms with Crippen LogP contribution in [0.2, 0.25) is 0 Å². The summed E-state index contributed by atoms with van der Waals surface area (Å²) in [6.45, 7) is 4.04. The molecule has 112 valence electrons. The minimum atomic E-state index is -0.362. The van der Waals surface area contributed by atoms with Crippen molar-refractivity contribution in [1.29, 1.82) is 0 Å². The lowest BCUT2D eigenvalue weighted by atomic mass is 10.1. The van der Waals surface area contributed by atoms with Crippen molar-refractivity contribution in [2.45, 2.75) is 26.9 Å². The molecule has 2 rings (SSSR count). The molecule has 1 aromatic carbocycles. The van der Waals surface area contributed by atoms with Crippen molar-refractivity contribution in [2.24, 2.45) is 7.05 Å². The molecule has 0 aliphatic carbocycles. The summed E-state index contributed by atoms with van der Waals surface area (Å²) in [5.74, 6) is -0.362. The molecule has 1 aromatic heterocycles. The number of nitrogens with two attached hydrogens (primary N) is 1. The Kier molecular flexibility index (Phi) is 4.67. The Morgan fingerprint density at radius 1 is 1.48 bits per heavy atom. The summed E-state index contributed by atoms with van der Waals surface area (Å²) < 4.78 is 8.01. The second-order valence-corrected chi connectivity index (χ2v) is 5.63. The summed E-state index contributed by atoms with van der Waals surface area (Å²) in [6, 6.07) is 5.13. The molecular formula is C15H18BrN3O2. The van der Waals surface area contributed by atoms with E-state index in [1.165, 1.54) is 0 Å². The Hall–Kier alpha value is -1.82. The van der Waals surface area contributed by atoms with Gasteiger partial charge < -0.3 is 10.5 Å². The molecule has 6 heteroatoms. The van der Waals surface area contributed by atoms with Gasteiger partial charge in [-0.15, -0.1) is 0 Å². The summed E-state index contributed by atoms with van der Waals surface area (Å²) in [6.07, 6.45) is 0.819. The summed E-state index contributed by atoms with van der Waals surface area (Å²) in [4.78, 5) is 12.1. The van der Waals surface area contributed by atoms with Crippen LogP contribution in [-0.2, 0) is 24.8 Å². The fourth-order valence-corrected chi connectivity index (χ4v) is 2.83. The van der Waals surface area contributed by atoms with E-state index < -0.39 is 0 Å². The first-order valence-electron chi connectivity index (χ1n) is 6.67. The van der Waals surface area contributed by atoms with E-state index in [1.54, 1.807) is 22.9 Å². The zero-order chi connectivity index (χ0) is 15.6. The van der Waals surface area contributed by atoms with Crippen LogP contribution in [0.15, 0.2) is 22.7 Å². The molecule has 0 aliphatic rings. The lowest BCUT2D eigenvalue weighted by Crippen LogP contribution is -2.10. The maximum atomic E-state index is 12.1. The Balaban J connectivity index is 2.13. The first-order valence-corrected chi connectivity index (χ1v) is 7.46. The number of anilines is 1. The molecule has 2 N–H and O–H groups in total. The van der Waals surface area contributed by atoms with Gasteiger partial charge in [0.2, 0.25) is 0 Å². The average Bonchev–Trinajstić information content (AvgIpc) is 2.71. The first-order chi connectivity index (χ1) is 9.93. The Morgan fingerprint density at radius 3 is 2.76 bits per heavy atom. The monoisotopic (exact) mass is 351 g/mol. The van der Waals surface area contributed by atoms with Gasteiger partial charge in [-0.05, 0) is 53.0 Å². The molecule has 0 spiro atoms. The van der Waals surface area contributed by atoms with E-state index >= 15 is 0 Å². The highest BCUT2D eigenvalue weighted by Crippen LogP contribution is 2.23. The van der Waals surface area contributed by atoms with Crippen LogP contribution in [0.4, 0.5) is 5.69 Å². The highest BCUT2D eigenvalue weighted by Gasteiger charge is 2.16. The van der Waals surface area contributed by atoms with Crippen LogP contribution in [0.5, 0.6) is 0 Å². The maximum Gasteiger partial charge on any atom is 0.338 e. The quantitative estimate of drug-likeness (QED) is 0.678. The zero-order valence-corrected chi connectivity index (χ0v) is 13.9. The number of carbonyl (C=O) groups excluding carboxylic acids is 1. The van der Waals surface area contributed by atoms with E-state index in [0.717, 1.165) is 27.8 Å². The van der Waals surface area contributed by atoms with Gasteiger partial charge in [-0.2, -0.15) is 5.10 Å². The van der Waals surface area contributed by atoms with Gasteiger partial charge in [0, 0.05) is 12.7 Å². The van der Waals surface area contributed by atoms with Gasteiger partial charge >= 0.3 is 5.97 Å². The van der Waals surface area contributed by atoms with Crippen LogP contribution in [-0.4, -0.2) is 15.7 Å². The standard InChI is InChI=1S/C15H18BrN3O2/c1-4-12-14(16)13(19(3)18-12)8-21-15(20)11-6-5-10(17)7-9(11)2/h5-7H,4,8,17H2,1-3H3. The smallest absolute Gasteiger partial charge is 0.338 e. The van der Waals surface area contributed by atoms with Gasteiger partial charge in [-0.25, -0.2) is 4.79 Å². The van der Waals surface area contributed by atoms with E-state index in [0.29, 0.717) is 11.3 Å². The third-order valence-electron chi connectivity index (χ3n) is 3.31. The number of halogens is 1. The van der Waals surface area contributed by atoms with Crippen molar-refractivity contribution in [3.8, 4) is 0 Å². The minimum Gasteiger partial charge on any atom is -0.456 e. The molecular weight excluding hydrogens is 334 g/mol. The van der Waals surface area contributed by atoms with Crippen LogP contribution >= 0.6 is 15.9 Å². The van der Waals surface area contributed by atoms with E-state index in [1.807, 2.05) is 20.9 Å². The molecule has 0 saturated carbocycles. The van der Waals surface area contributed by atoms with Gasteiger partial charge in [0.15, 0.2) is 0 Å². The number of esters is 1. The molecule has 2 aromatic rings. The van der Waals surface area contributed by atoms with Gasteiger partial charge in [0.1, 0.15) is 6.61 Å². The van der Waals surface area contributed by atoms with Crippen molar-refractivity contribution in [1.82, 2.24) is 9.78 Å². The molecule has 0 amide bonds. The zero-order valence-electron chi connectivity index (χ0n) is 12.3. The summed E-state index contributed by atoms with van der Waals surface area (Å²) in [5, 5.41) is 4.37. The number of rotatable bonds is 4. The highest BCUT2D eigenvalue weighted by molar-refractivity contribution is 9.10. The fraction of sp³-hybridized carbons (Fsp3) is 0.333. The van der Waals surface area contributed by atoms with Crippen LogP contribution in [0.3, 0.4) is 0 Å². The molecule has 0 bridgehead atoms. The number of hydrogen-bond donors (Lipinski definition) is 1. The number of carbonyl (C=O) groups is 1. The van der Waals surface area contributed by atoms with Gasteiger partial charge in [-0.1, -0.05) is 6.92 Å². The number of nitrogen functional groups attached to an aromatic ring is 1. The molecule has 0 saturated heterocycles. The molecule has 5 nitrogen and oxygen atoms in total. The minimum absolute atomic E-state index is 0.173. The van der Waals surface area contributed by atoms with Crippen molar-refractivity contribution in [3.63, 3.8) is 0 Å². The van der Waals surface area contributed by atoms with Gasteiger partial charge in [-0.3, -0.25) is 4.68 Å². The number of ether oxygens (including phenoxy) is 1. The second kappa shape index (κ2) is 6.30. The number of nitrogens with zero attached hydrogens (tertiary/aromatic N) is 2. The molecule has 0 radical (unpaired) electrons. The van der Waals surface area contributed by atoms with Crippen molar-refractivity contribution < 1.29 is 9.53 Å². The van der Waals surface area contributed by atoms with Crippen LogP contribution in [0, 0.1) is 6.92 Å². The lowest BCUT2D eigenvalue weighted by molar-refractivity contribution is 0.0462. The normalized spacial score (nSPS) is 10.7. The fourth-order valence-electron chi connectivity index (χ4n) is 2.10. The molecule has 21 heavy (non-hydrogen) atoms. The third-order valence-corrected chi connectivity index (χ3v) is 4.23. The Labute approximate surface area is 132 Å². The maximum absolute atomic E-state index is 12.1. The molecule has 0 fully saturated rings.